The number of imide groups is 1. The number of amidine groups is 1. The van der Waals surface area contributed by atoms with Crippen molar-refractivity contribution in [1.29, 1.82) is 5.41 Å². The summed E-state index contributed by atoms with van der Waals surface area (Å²) >= 11 is 1.24. The van der Waals surface area contributed by atoms with Crippen molar-refractivity contribution in [2.24, 2.45) is 5.92 Å². The van der Waals surface area contributed by atoms with Gasteiger partial charge in [-0.1, -0.05) is 38.1 Å². The van der Waals surface area contributed by atoms with Crippen molar-refractivity contribution < 1.29 is 19.5 Å². The zero-order valence-electron chi connectivity index (χ0n) is 18.3. The number of nitrogens with one attached hydrogen (secondary N) is 2. The minimum absolute atomic E-state index is 0.350. The molecular weight excluding hydrogens is 430 g/mol. The van der Waals surface area contributed by atoms with Crippen LogP contribution < -0.4 is 5.32 Å². The molecule has 1 saturated heterocycles. The predicted molar refractivity (Wildman–Crippen MR) is 123 cm³/mol. The molecule has 3 rings (SSSR count). The molecule has 0 aliphatic carbocycles. The number of anilines is 1. The van der Waals surface area contributed by atoms with Crippen LogP contribution in [0.1, 0.15) is 25.8 Å². The Bertz CT molecular complexity index is 1080. The van der Waals surface area contributed by atoms with Gasteiger partial charge in [-0.05, 0) is 17.9 Å². The van der Waals surface area contributed by atoms with Crippen molar-refractivity contribution in [2.45, 2.75) is 26.7 Å². The number of benzene rings is 1. The van der Waals surface area contributed by atoms with Crippen molar-refractivity contribution >= 4 is 40.1 Å². The Morgan fingerprint density at radius 3 is 2.47 bits per heavy atom. The SMILES string of the molecule is CC(C)Cc1ccc(-c2csc(NC(=O)C/C(O)=C3/C(=N)N(C)C(=O)N(C)C3=O)n2)cc1. The van der Waals surface area contributed by atoms with Crippen molar-refractivity contribution in [3.8, 4) is 11.3 Å². The van der Waals surface area contributed by atoms with Crippen LogP contribution in [0, 0.1) is 11.3 Å². The van der Waals surface area contributed by atoms with E-state index in [1.807, 2.05) is 17.5 Å². The Balaban J connectivity index is 1.69. The topological polar surface area (TPSA) is 127 Å². The van der Waals surface area contributed by atoms with Crippen molar-refractivity contribution in [2.75, 3.05) is 19.4 Å². The Morgan fingerprint density at radius 1 is 1.19 bits per heavy atom. The molecule has 1 aromatic carbocycles. The van der Waals surface area contributed by atoms with Gasteiger partial charge in [-0.25, -0.2) is 9.78 Å². The van der Waals surface area contributed by atoms with Gasteiger partial charge in [0.1, 0.15) is 17.2 Å². The normalized spacial score (nSPS) is 16.1. The van der Waals surface area contributed by atoms with E-state index >= 15 is 0 Å². The van der Waals surface area contributed by atoms with Crippen LogP contribution >= 0.6 is 11.3 Å². The van der Waals surface area contributed by atoms with Gasteiger partial charge in [0.25, 0.3) is 5.91 Å². The first-order valence-corrected chi connectivity index (χ1v) is 10.9. The smallest absolute Gasteiger partial charge is 0.332 e. The number of hydrogen-bond donors (Lipinski definition) is 3. The molecule has 0 unspecified atom stereocenters. The first-order valence-electron chi connectivity index (χ1n) is 10.00. The van der Waals surface area contributed by atoms with Gasteiger partial charge in [-0.15, -0.1) is 11.3 Å². The summed E-state index contributed by atoms with van der Waals surface area (Å²) in [5.41, 5.74) is 2.51. The number of nitrogens with zero attached hydrogens (tertiary/aromatic N) is 3. The molecule has 1 fully saturated rings. The average molecular weight is 456 g/mol. The van der Waals surface area contributed by atoms with Crippen LogP contribution in [-0.2, 0) is 16.0 Å². The van der Waals surface area contributed by atoms with E-state index in [2.05, 4.69) is 36.3 Å². The fraction of sp³-hybridized carbons (Fsp3) is 0.318. The van der Waals surface area contributed by atoms with Gasteiger partial charge in [-0.3, -0.25) is 24.8 Å². The predicted octanol–water partition coefficient (Wildman–Crippen LogP) is 3.65. The second-order valence-corrected chi connectivity index (χ2v) is 8.79. The lowest BCUT2D eigenvalue weighted by Crippen LogP contribution is -2.53. The third-order valence-corrected chi connectivity index (χ3v) is 5.68. The van der Waals surface area contributed by atoms with Crippen LogP contribution in [-0.4, -0.2) is 57.7 Å². The third kappa shape index (κ3) is 4.86. The standard InChI is InChI=1S/C22H25N5O4S/c1-12(2)9-13-5-7-14(8-6-13)15-11-32-21(24-15)25-17(29)10-16(28)18-19(23)26(3)22(31)27(4)20(18)30/h5-8,11-12,23,28H,9-10H2,1-4H3,(H,24,25,29)/b18-16+,23-19?. The number of likely N-dealkylation sites (N-methyl/N-ethyl adjacent to an activating group) is 2. The molecule has 1 aromatic heterocycles. The van der Waals surface area contributed by atoms with Gasteiger partial charge in [-0.2, -0.15) is 0 Å². The third-order valence-electron chi connectivity index (χ3n) is 4.93. The lowest BCUT2D eigenvalue weighted by molar-refractivity contribution is -0.123. The van der Waals surface area contributed by atoms with Crippen molar-refractivity contribution in [1.82, 2.24) is 14.8 Å². The first-order chi connectivity index (χ1) is 15.1. The number of aliphatic hydroxyl groups excluding tert-OH is 1. The highest BCUT2D eigenvalue weighted by Crippen LogP contribution is 2.26. The van der Waals surface area contributed by atoms with E-state index in [-0.39, 0.29) is 5.57 Å². The quantitative estimate of drug-likeness (QED) is 0.453. The minimum atomic E-state index is -0.833. The van der Waals surface area contributed by atoms with Gasteiger partial charge >= 0.3 is 6.03 Å². The molecule has 32 heavy (non-hydrogen) atoms. The van der Waals surface area contributed by atoms with Gasteiger partial charge in [0.15, 0.2) is 5.13 Å². The largest absolute Gasteiger partial charge is 0.511 e. The van der Waals surface area contributed by atoms with E-state index in [4.69, 9.17) is 5.41 Å². The molecule has 0 radical (unpaired) electrons. The van der Waals surface area contributed by atoms with Crippen LogP contribution in [0.2, 0.25) is 0 Å². The maximum Gasteiger partial charge on any atom is 0.332 e. The highest BCUT2D eigenvalue weighted by molar-refractivity contribution is 7.14. The van der Waals surface area contributed by atoms with E-state index in [0.29, 0.717) is 11.0 Å². The molecule has 1 aliphatic rings. The lowest BCUT2D eigenvalue weighted by Gasteiger charge is -2.31. The molecule has 10 heteroatoms. The van der Waals surface area contributed by atoms with Crippen molar-refractivity contribution in [3.63, 3.8) is 0 Å². The number of urea groups is 1. The monoisotopic (exact) mass is 455 g/mol. The summed E-state index contributed by atoms with van der Waals surface area (Å²) in [7, 11) is 2.56. The van der Waals surface area contributed by atoms with Gasteiger partial charge in [0, 0.05) is 25.0 Å². The molecule has 0 bridgehead atoms. The van der Waals surface area contributed by atoms with E-state index in [9.17, 15) is 19.5 Å². The fourth-order valence-electron chi connectivity index (χ4n) is 3.25. The second-order valence-electron chi connectivity index (χ2n) is 7.93. The average Bonchev–Trinajstić information content (AvgIpc) is 3.19. The van der Waals surface area contributed by atoms with E-state index < -0.39 is 35.9 Å². The Kier molecular flexibility index (Phi) is 6.73. The summed E-state index contributed by atoms with van der Waals surface area (Å²) in [6.45, 7) is 4.33. The summed E-state index contributed by atoms with van der Waals surface area (Å²) < 4.78 is 0. The number of rotatable bonds is 6. The molecule has 9 nitrogen and oxygen atoms in total. The fourth-order valence-corrected chi connectivity index (χ4v) is 3.99. The van der Waals surface area contributed by atoms with Gasteiger partial charge in [0.2, 0.25) is 5.91 Å². The Labute approximate surface area is 189 Å². The molecular formula is C22H25N5O4S. The zero-order valence-corrected chi connectivity index (χ0v) is 19.1. The maximum absolute atomic E-state index is 12.4. The number of carbonyl (C=O) groups excluding carboxylic acids is 3. The molecule has 168 valence electrons. The van der Waals surface area contributed by atoms with Crippen LogP contribution in [0.5, 0.6) is 0 Å². The highest BCUT2D eigenvalue weighted by Gasteiger charge is 2.38. The summed E-state index contributed by atoms with van der Waals surface area (Å²) in [6.07, 6.45) is 0.468. The van der Waals surface area contributed by atoms with Gasteiger partial charge < -0.3 is 10.4 Å². The highest BCUT2D eigenvalue weighted by atomic mass is 32.1. The Morgan fingerprint density at radius 2 is 1.84 bits per heavy atom. The summed E-state index contributed by atoms with van der Waals surface area (Å²) in [5, 5.41) is 23.0. The molecule has 0 saturated carbocycles. The van der Waals surface area contributed by atoms with E-state index in [1.54, 1.807) is 0 Å². The number of thiazole rings is 1. The Hall–Kier alpha value is -3.53. The number of hydrogen-bond acceptors (Lipinski definition) is 7. The minimum Gasteiger partial charge on any atom is -0.511 e. The van der Waals surface area contributed by atoms with Crippen molar-refractivity contribution in [3.05, 3.63) is 46.5 Å². The molecule has 2 aromatic rings. The molecule has 1 aliphatic heterocycles. The molecule has 0 atom stereocenters. The molecule has 3 N–H and O–H groups in total. The lowest BCUT2D eigenvalue weighted by atomic mass is 10.0. The van der Waals surface area contributed by atoms with Crippen LogP contribution in [0.3, 0.4) is 0 Å². The summed E-state index contributed by atoms with van der Waals surface area (Å²) in [4.78, 5) is 42.7. The van der Waals surface area contributed by atoms with E-state index in [0.717, 1.165) is 27.5 Å². The first kappa shape index (κ1) is 23.1. The van der Waals surface area contributed by atoms with Gasteiger partial charge in [0.05, 0.1) is 12.1 Å². The molecule has 4 amide bonds. The number of amides is 4. The zero-order chi connectivity index (χ0) is 23.6. The number of aromatic nitrogens is 1. The van der Waals surface area contributed by atoms with Crippen LogP contribution in [0.25, 0.3) is 11.3 Å². The maximum atomic E-state index is 12.4. The van der Waals surface area contributed by atoms with Crippen LogP contribution in [0.4, 0.5) is 9.93 Å². The molecule has 0 spiro atoms. The summed E-state index contributed by atoms with van der Waals surface area (Å²) in [5.74, 6) is -1.89. The van der Waals surface area contributed by atoms with E-state index in [1.165, 1.54) is 31.0 Å². The number of aliphatic hydroxyl groups is 1. The summed E-state index contributed by atoms with van der Waals surface area (Å²) in [6, 6.07) is 7.42. The second kappa shape index (κ2) is 9.31. The number of carbonyl (C=O) groups is 3. The molecule has 2 heterocycles. The van der Waals surface area contributed by atoms with Crippen LogP contribution in [0.15, 0.2) is 41.0 Å².